The third-order valence-corrected chi connectivity index (χ3v) is 4.52. The molecule has 0 aliphatic heterocycles. The lowest BCUT2D eigenvalue weighted by Gasteiger charge is -2.16. The van der Waals surface area contributed by atoms with Crippen LogP contribution in [0.3, 0.4) is 0 Å². The molecular formula is C21H21BN4O3. The van der Waals surface area contributed by atoms with Crippen molar-refractivity contribution < 1.29 is 14.2 Å². The molecule has 0 spiro atoms. The molecule has 0 aliphatic carbocycles. The number of rotatable bonds is 6. The van der Waals surface area contributed by atoms with Gasteiger partial charge in [0.1, 0.15) is 30.7 Å². The van der Waals surface area contributed by atoms with Crippen molar-refractivity contribution in [3.8, 4) is 34.6 Å². The summed E-state index contributed by atoms with van der Waals surface area (Å²) in [4.78, 5) is 13.9. The molecule has 0 N–H and O–H groups in total. The number of nitrogens with zero attached hydrogens (tertiary/aromatic N) is 4. The Kier molecular flexibility index (Phi) is 5.08. The fourth-order valence-electron chi connectivity index (χ4n) is 3.28. The van der Waals surface area contributed by atoms with Crippen LogP contribution in [0.25, 0.3) is 28.4 Å². The highest BCUT2D eigenvalue weighted by Gasteiger charge is 2.22. The predicted molar refractivity (Wildman–Crippen MR) is 115 cm³/mol. The average molecular weight is 388 g/mol. The molecule has 146 valence electrons. The zero-order valence-corrected chi connectivity index (χ0v) is 16.8. The van der Waals surface area contributed by atoms with Crippen molar-refractivity contribution in [1.29, 1.82) is 0 Å². The first-order valence-electron chi connectivity index (χ1n) is 9.33. The molecule has 0 atom stereocenters. The fraction of sp³-hybridized carbons (Fsp3) is 0.190. The van der Waals surface area contributed by atoms with Gasteiger partial charge < -0.3 is 14.2 Å². The molecule has 1 aromatic carbocycles. The minimum absolute atomic E-state index is 0.536. The van der Waals surface area contributed by atoms with Crippen molar-refractivity contribution in [2.45, 2.75) is 6.92 Å². The highest BCUT2D eigenvalue weighted by Crippen LogP contribution is 2.37. The summed E-state index contributed by atoms with van der Waals surface area (Å²) in [5.74, 6) is 2.49. The van der Waals surface area contributed by atoms with Gasteiger partial charge in [0.15, 0.2) is 11.5 Å². The molecule has 0 fully saturated rings. The van der Waals surface area contributed by atoms with Gasteiger partial charge in [0.25, 0.3) is 0 Å². The van der Waals surface area contributed by atoms with Gasteiger partial charge in [-0.3, -0.25) is 4.57 Å². The third kappa shape index (κ3) is 3.37. The molecule has 0 aliphatic rings. The van der Waals surface area contributed by atoms with E-state index < -0.39 is 0 Å². The summed E-state index contributed by atoms with van der Waals surface area (Å²) in [6.07, 6.45) is 1.80. The molecular weight excluding hydrogens is 367 g/mol. The van der Waals surface area contributed by atoms with E-state index in [-0.39, 0.29) is 0 Å². The van der Waals surface area contributed by atoms with Gasteiger partial charge in [-0.15, -0.1) is 0 Å². The maximum absolute atomic E-state index is 5.65. The van der Waals surface area contributed by atoms with E-state index in [2.05, 4.69) is 9.97 Å². The number of methoxy groups -OCH3 is 2. The first-order valence-corrected chi connectivity index (χ1v) is 9.33. The zero-order valence-electron chi connectivity index (χ0n) is 16.8. The standard InChI is InChI=1S/C21H21BN4O3/c1-4-29-18-10-5-7-14(24-18)21-25-20-15(11-13(22)12-23-20)26(21)19-16(27-2)8-6-9-17(19)28-3/h5-12H,4,22H2,1-3H3. The lowest BCUT2D eigenvalue weighted by Crippen LogP contribution is -2.07. The Bertz CT molecular complexity index is 1150. The van der Waals surface area contributed by atoms with Crippen LogP contribution in [0.15, 0.2) is 48.7 Å². The van der Waals surface area contributed by atoms with Crippen molar-refractivity contribution in [2.75, 3.05) is 20.8 Å². The molecule has 0 bridgehead atoms. The number of imidazole rings is 1. The van der Waals surface area contributed by atoms with E-state index >= 15 is 0 Å². The molecule has 0 radical (unpaired) electrons. The smallest absolute Gasteiger partial charge is 0.213 e. The Morgan fingerprint density at radius 3 is 2.41 bits per heavy atom. The summed E-state index contributed by atoms with van der Waals surface area (Å²) < 4.78 is 18.9. The Hall–Kier alpha value is -3.55. The number of hydrogen-bond acceptors (Lipinski definition) is 6. The lowest BCUT2D eigenvalue weighted by molar-refractivity contribution is 0.327. The molecule has 0 saturated heterocycles. The van der Waals surface area contributed by atoms with Gasteiger partial charge in [-0.25, -0.2) is 15.0 Å². The van der Waals surface area contributed by atoms with Crippen molar-refractivity contribution in [3.05, 3.63) is 48.7 Å². The Balaban J connectivity index is 2.07. The van der Waals surface area contributed by atoms with Crippen LogP contribution < -0.4 is 19.7 Å². The lowest BCUT2D eigenvalue weighted by atomic mass is 9.99. The first kappa shape index (κ1) is 18.8. The highest BCUT2D eigenvalue weighted by atomic mass is 16.5. The van der Waals surface area contributed by atoms with E-state index in [4.69, 9.17) is 19.2 Å². The maximum Gasteiger partial charge on any atom is 0.213 e. The van der Waals surface area contributed by atoms with Crippen LogP contribution in [0, 0.1) is 0 Å². The number of aromatic nitrogens is 4. The van der Waals surface area contributed by atoms with E-state index in [9.17, 15) is 0 Å². The largest absolute Gasteiger partial charge is 0.494 e. The van der Waals surface area contributed by atoms with Crippen LogP contribution >= 0.6 is 0 Å². The summed E-state index contributed by atoms with van der Waals surface area (Å²) in [6, 6.07) is 13.3. The molecule has 4 aromatic rings. The second kappa shape index (κ2) is 7.83. The second-order valence-corrected chi connectivity index (χ2v) is 6.43. The SMILES string of the molecule is Bc1cnc2nc(-c3cccc(OCC)n3)n(-c3c(OC)cccc3OC)c2c1. The zero-order chi connectivity index (χ0) is 20.4. The molecule has 3 heterocycles. The number of para-hydroxylation sites is 1. The predicted octanol–water partition coefficient (Wildman–Crippen LogP) is 2.16. The van der Waals surface area contributed by atoms with E-state index in [0.29, 0.717) is 41.2 Å². The van der Waals surface area contributed by atoms with Crippen molar-refractivity contribution in [3.63, 3.8) is 0 Å². The summed E-state index contributed by atoms with van der Waals surface area (Å²) in [6.45, 7) is 2.46. The van der Waals surface area contributed by atoms with Gasteiger partial charge in [-0.2, -0.15) is 0 Å². The van der Waals surface area contributed by atoms with Gasteiger partial charge in [0, 0.05) is 12.3 Å². The number of fused-ring (bicyclic) bond motifs is 1. The van der Waals surface area contributed by atoms with Gasteiger partial charge in [0.2, 0.25) is 5.88 Å². The molecule has 0 unspecified atom stereocenters. The molecule has 0 saturated carbocycles. The van der Waals surface area contributed by atoms with E-state index in [0.717, 1.165) is 16.7 Å². The first-order chi connectivity index (χ1) is 14.2. The van der Waals surface area contributed by atoms with Crippen LogP contribution in [0.2, 0.25) is 0 Å². The number of ether oxygens (including phenoxy) is 3. The van der Waals surface area contributed by atoms with E-state index in [1.54, 1.807) is 20.4 Å². The van der Waals surface area contributed by atoms with Crippen molar-refractivity contribution >= 4 is 24.5 Å². The van der Waals surface area contributed by atoms with Gasteiger partial charge >= 0.3 is 0 Å². The number of benzene rings is 1. The summed E-state index contributed by atoms with van der Waals surface area (Å²) >= 11 is 0. The minimum atomic E-state index is 0.536. The summed E-state index contributed by atoms with van der Waals surface area (Å²) in [5, 5.41) is 0. The minimum Gasteiger partial charge on any atom is -0.494 e. The van der Waals surface area contributed by atoms with Gasteiger partial charge in [-0.1, -0.05) is 17.6 Å². The fourth-order valence-corrected chi connectivity index (χ4v) is 3.28. The molecule has 0 amide bonds. The van der Waals surface area contributed by atoms with Crippen molar-refractivity contribution in [1.82, 2.24) is 19.5 Å². The molecule has 4 rings (SSSR count). The molecule has 3 aromatic heterocycles. The molecule has 29 heavy (non-hydrogen) atoms. The molecule has 8 heteroatoms. The average Bonchev–Trinajstić information content (AvgIpc) is 3.11. The Morgan fingerprint density at radius 2 is 1.72 bits per heavy atom. The molecule has 7 nitrogen and oxygen atoms in total. The van der Waals surface area contributed by atoms with Gasteiger partial charge in [-0.05, 0) is 31.2 Å². The Morgan fingerprint density at radius 1 is 1.00 bits per heavy atom. The van der Waals surface area contributed by atoms with Gasteiger partial charge in [0.05, 0.1) is 26.3 Å². The monoisotopic (exact) mass is 388 g/mol. The van der Waals surface area contributed by atoms with E-state index in [1.165, 1.54) is 0 Å². The maximum atomic E-state index is 5.65. The number of pyridine rings is 2. The third-order valence-electron chi connectivity index (χ3n) is 4.52. The summed E-state index contributed by atoms with van der Waals surface area (Å²) in [5.41, 5.74) is 3.88. The quantitative estimate of drug-likeness (QED) is 0.472. The summed E-state index contributed by atoms with van der Waals surface area (Å²) in [7, 11) is 5.26. The van der Waals surface area contributed by atoms with E-state index in [1.807, 2.05) is 61.8 Å². The second-order valence-electron chi connectivity index (χ2n) is 6.43. The normalized spacial score (nSPS) is 10.9. The highest BCUT2D eigenvalue weighted by molar-refractivity contribution is 6.32. The van der Waals surface area contributed by atoms with Crippen LogP contribution in [0.5, 0.6) is 17.4 Å². The number of hydrogen-bond donors (Lipinski definition) is 0. The van der Waals surface area contributed by atoms with Crippen LogP contribution in [-0.2, 0) is 0 Å². The van der Waals surface area contributed by atoms with Crippen LogP contribution in [0.4, 0.5) is 0 Å². The van der Waals surface area contributed by atoms with Crippen LogP contribution in [-0.4, -0.2) is 48.2 Å². The Labute approximate surface area is 169 Å². The van der Waals surface area contributed by atoms with Crippen molar-refractivity contribution in [2.24, 2.45) is 0 Å². The topological polar surface area (TPSA) is 71.3 Å². The van der Waals surface area contributed by atoms with Crippen LogP contribution in [0.1, 0.15) is 6.92 Å².